The summed E-state index contributed by atoms with van der Waals surface area (Å²) in [5, 5.41) is 11.1. The summed E-state index contributed by atoms with van der Waals surface area (Å²) >= 11 is 0. The first-order valence-electron chi connectivity index (χ1n) is 8.01. The molecule has 3 rings (SSSR count). The molecule has 0 saturated carbocycles. The molecule has 0 saturated heterocycles. The quantitative estimate of drug-likeness (QED) is 0.399. The Labute approximate surface area is 150 Å². The number of pyridine rings is 1. The zero-order valence-electron chi connectivity index (χ0n) is 15.0. The lowest BCUT2D eigenvalue weighted by Gasteiger charge is -2.12. The van der Waals surface area contributed by atoms with Crippen molar-refractivity contribution in [3.05, 3.63) is 69.5 Å². The number of nitrogens with zero attached hydrogens (tertiary/aromatic N) is 3. The Balaban J connectivity index is 2.20. The summed E-state index contributed by atoms with van der Waals surface area (Å²) in [5.74, 6) is -0.155. The van der Waals surface area contributed by atoms with Crippen molar-refractivity contribution < 1.29 is 14.5 Å². The van der Waals surface area contributed by atoms with E-state index in [1.807, 2.05) is 54.7 Å². The van der Waals surface area contributed by atoms with Crippen LogP contribution in [0, 0.1) is 17.0 Å². The molecule has 0 N–H and O–H groups in total. The molecule has 0 spiro atoms. The first kappa shape index (κ1) is 17.5. The van der Waals surface area contributed by atoms with Gasteiger partial charge in [0.05, 0.1) is 28.9 Å². The number of fused-ring (bicyclic) bond motifs is 1. The normalized spacial score (nSPS) is 10.8. The van der Waals surface area contributed by atoms with E-state index in [2.05, 4.69) is 0 Å². The summed E-state index contributed by atoms with van der Waals surface area (Å²) in [6, 6.07) is 9.90. The second kappa shape index (κ2) is 6.51. The van der Waals surface area contributed by atoms with Crippen molar-refractivity contribution in [1.29, 1.82) is 0 Å². The Bertz CT molecular complexity index is 1020. The fraction of sp³-hybridized carbons (Fsp3) is 0.211. The third kappa shape index (κ3) is 2.67. The van der Waals surface area contributed by atoms with E-state index in [0.29, 0.717) is 11.3 Å². The zero-order chi connectivity index (χ0) is 19.0. The average molecular weight is 353 g/mol. The molecule has 2 heterocycles. The van der Waals surface area contributed by atoms with Gasteiger partial charge in [-0.3, -0.25) is 14.9 Å². The summed E-state index contributed by atoms with van der Waals surface area (Å²) in [7, 11) is 5.20. The van der Waals surface area contributed by atoms with E-state index in [1.54, 1.807) is 0 Å². The number of rotatable bonds is 5. The number of methoxy groups -OCH3 is 1. The molecule has 0 amide bonds. The number of nitro groups is 1. The standard InChI is InChI=1S/C19H19N3O4/c1-12-17(20(2)3)15-7-5-6-10-21(15)18(12)19(23)13-8-9-14(22(24)25)16(11-13)26-4/h5-11H,1-4H3. The Morgan fingerprint density at radius 3 is 2.58 bits per heavy atom. The molecule has 2 aromatic heterocycles. The van der Waals surface area contributed by atoms with Crippen LogP contribution in [-0.2, 0) is 0 Å². The highest BCUT2D eigenvalue weighted by Crippen LogP contribution is 2.33. The molecule has 7 heteroatoms. The molecule has 1 aromatic carbocycles. The fourth-order valence-corrected chi connectivity index (χ4v) is 3.27. The number of carbonyl (C=O) groups excluding carboxylic acids is 1. The minimum atomic E-state index is -0.533. The SMILES string of the molecule is COc1cc(C(=O)c2c(C)c(N(C)C)c3ccccn23)ccc1[N+](=O)[O-]. The number of carbonyl (C=O) groups is 1. The predicted octanol–water partition coefficient (Wildman–Crippen LogP) is 3.46. The number of anilines is 1. The molecule has 0 aliphatic rings. The predicted molar refractivity (Wildman–Crippen MR) is 99.5 cm³/mol. The maximum atomic E-state index is 13.2. The third-order valence-corrected chi connectivity index (χ3v) is 4.35. The van der Waals surface area contributed by atoms with Crippen LogP contribution < -0.4 is 9.64 Å². The lowest BCUT2D eigenvalue weighted by atomic mass is 10.0. The van der Waals surface area contributed by atoms with Gasteiger partial charge < -0.3 is 14.0 Å². The van der Waals surface area contributed by atoms with Crippen molar-refractivity contribution in [2.24, 2.45) is 0 Å². The number of aromatic nitrogens is 1. The summed E-state index contributed by atoms with van der Waals surface area (Å²) < 4.78 is 6.93. The van der Waals surface area contributed by atoms with Crippen LogP contribution in [0.4, 0.5) is 11.4 Å². The molecule has 26 heavy (non-hydrogen) atoms. The first-order chi connectivity index (χ1) is 12.4. The van der Waals surface area contributed by atoms with E-state index in [0.717, 1.165) is 16.8 Å². The molecular weight excluding hydrogens is 334 g/mol. The second-order valence-electron chi connectivity index (χ2n) is 6.15. The second-order valence-corrected chi connectivity index (χ2v) is 6.15. The van der Waals surface area contributed by atoms with Crippen molar-refractivity contribution in [2.75, 3.05) is 26.1 Å². The molecule has 0 radical (unpaired) electrons. The van der Waals surface area contributed by atoms with Gasteiger partial charge in [-0.25, -0.2) is 0 Å². The van der Waals surface area contributed by atoms with Gasteiger partial charge in [-0.1, -0.05) is 6.07 Å². The number of hydrogen-bond donors (Lipinski definition) is 0. The molecule has 0 aliphatic carbocycles. The van der Waals surface area contributed by atoms with Crippen LogP contribution in [0.2, 0.25) is 0 Å². The molecule has 0 atom stereocenters. The number of nitro benzene ring substituents is 1. The van der Waals surface area contributed by atoms with Crippen LogP contribution in [0.25, 0.3) is 5.52 Å². The van der Waals surface area contributed by atoms with E-state index in [-0.39, 0.29) is 17.2 Å². The maximum absolute atomic E-state index is 13.2. The molecule has 3 aromatic rings. The van der Waals surface area contributed by atoms with E-state index in [4.69, 9.17) is 4.74 Å². The first-order valence-corrected chi connectivity index (χ1v) is 8.01. The van der Waals surface area contributed by atoms with Crippen molar-refractivity contribution >= 4 is 22.7 Å². The lowest BCUT2D eigenvalue weighted by Crippen LogP contribution is -2.10. The summed E-state index contributed by atoms with van der Waals surface area (Å²) in [4.78, 5) is 25.7. The Morgan fingerprint density at radius 1 is 1.23 bits per heavy atom. The van der Waals surface area contributed by atoms with Gasteiger partial charge >= 0.3 is 5.69 Å². The van der Waals surface area contributed by atoms with Gasteiger partial charge in [0.15, 0.2) is 5.75 Å². The third-order valence-electron chi connectivity index (χ3n) is 4.35. The highest BCUT2D eigenvalue weighted by molar-refractivity contribution is 6.11. The van der Waals surface area contributed by atoms with Crippen LogP contribution in [0.1, 0.15) is 21.6 Å². The topological polar surface area (TPSA) is 77.1 Å². The number of benzene rings is 1. The van der Waals surface area contributed by atoms with E-state index >= 15 is 0 Å². The van der Waals surface area contributed by atoms with Gasteiger partial charge in [0.1, 0.15) is 0 Å². The monoisotopic (exact) mass is 353 g/mol. The summed E-state index contributed by atoms with van der Waals surface area (Å²) in [6.07, 6.45) is 1.84. The largest absolute Gasteiger partial charge is 0.490 e. The minimum absolute atomic E-state index is 0.0622. The van der Waals surface area contributed by atoms with E-state index < -0.39 is 4.92 Å². The number of ether oxygens (including phenoxy) is 1. The van der Waals surface area contributed by atoms with Gasteiger partial charge in [0, 0.05) is 37.5 Å². The fourth-order valence-electron chi connectivity index (χ4n) is 3.27. The van der Waals surface area contributed by atoms with Gasteiger partial charge in [-0.15, -0.1) is 0 Å². The average Bonchev–Trinajstić information content (AvgIpc) is 2.92. The zero-order valence-corrected chi connectivity index (χ0v) is 15.0. The highest BCUT2D eigenvalue weighted by Gasteiger charge is 2.24. The van der Waals surface area contributed by atoms with Gasteiger partial charge in [0.25, 0.3) is 0 Å². The summed E-state index contributed by atoms with van der Waals surface area (Å²) in [6.45, 7) is 1.90. The van der Waals surface area contributed by atoms with E-state index in [9.17, 15) is 14.9 Å². The van der Waals surface area contributed by atoms with Crippen LogP contribution in [0.3, 0.4) is 0 Å². The highest BCUT2D eigenvalue weighted by atomic mass is 16.6. The van der Waals surface area contributed by atoms with Gasteiger partial charge in [-0.05, 0) is 31.2 Å². The maximum Gasteiger partial charge on any atom is 0.310 e. The van der Waals surface area contributed by atoms with Crippen molar-refractivity contribution in [2.45, 2.75) is 6.92 Å². The van der Waals surface area contributed by atoms with Gasteiger partial charge in [-0.2, -0.15) is 0 Å². The molecule has 0 bridgehead atoms. The number of ketones is 1. The van der Waals surface area contributed by atoms with E-state index in [1.165, 1.54) is 25.3 Å². The minimum Gasteiger partial charge on any atom is -0.490 e. The van der Waals surface area contributed by atoms with Crippen molar-refractivity contribution in [3.8, 4) is 5.75 Å². The Morgan fingerprint density at radius 2 is 1.96 bits per heavy atom. The van der Waals surface area contributed by atoms with Crippen LogP contribution >= 0.6 is 0 Å². The lowest BCUT2D eigenvalue weighted by molar-refractivity contribution is -0.385. The van der Waals surface area contributed by atoms with Crippen LogP contribution in [0.5, 0.6) is 5.75 Å². The molecule has 0 aliphatic heterocycles. The van der Waals surface area contributed by atoms with Crippen molar-refractivity contribution in [1.82, 2.24) is 4.40 Å². The number of hydrogen-bond acceptors (Lipinski definition) is 5. The van der Waals surface area contributed by atoms with Crippen molar-refractivity contribution in [3.63, 3.8) is 0 Å². The Kier molecular flexibility index (Phi) is 4.38. The summed E-state index contributed by atoms with van der Waals surface area (Å²) in [5.41, 5.74) is 3.43. The smallest absolute Gasteiger partial charge is 0.310 e. The molecular formula is C19H19N3O4. The van der Waals surface area contributed by atoms with Crippen LogP contribution in [-0.4, -0.2) is 36.3 Å². The van der Waals surface area contributed by atoms with Gasteiger partial charge in [0.2, 0.25) is 5.78 Å². The molecule has 134 valence electrons. The molecule has 7 nitrogen and oxygen atoms in total. The molecule has 0 fully saturated rings. The molecule has 0 unspecified atom stereocenters. The van der Waals surface area contributed by atoms with Crippen LogP contribution in [0.15, 0.2) is 42.6 Å². The Hall–Kier alpha value is -3.35.